The summed E-state index contributed by atoms with van der Waals surface area (Å²) in [7, 11) is 0. The Labute approximate surface area is 89.4 Å². The summed E-state index contributed by atoms with van der Waals surface area (Å²) >= 11 is 0. The third kappa shape index (κ3) is 2.54. The minimum absolute atomic E-state index is 0.283. The highest BCUT2D eigenvalue weighted by atomic mass is 16.5. The summed E-state index contributed by atoms with van der Waals surface area (Å²) in [6, 6.07) is 0.411. The number of aryl methyl sites for hydroxylation is 1. The van der Waals surface area contributed by atoms with E-state index < -0.39 is 0 Å². The van der Waals surface area contributed by atoms with Crippen LogP contribution in [0.4, 0.5) is 0 Å². The van der Waals surface area contributed by atoms with Crippen molar-refractivity contribution in [1.29, 1.82) is 0 Å². The summed E-state index contributed by atoms with van der Waals surface area (Å²) < 4.78 is 10.7. The van der Waals surface area contributed by atoms with Gasteiger partial charge in [-0.3, -0.25) is 4.90 Å². The lowest BCUT2D eigenvalue weighted by Gasteiger charge is -2.35. The van der Waals surface area contributed by atoms with Crippen molar-refractivity contribution < 1.29 is 9.26 Å². The lowest BCUT2D eigenvalue weighted by Crippen LogP contribution is -2.46. The van der Waals surface area contributed by atoms with Gasteiger partial charge in [0.2, 0.25) is 5.89 Å². The van der Waals surface area contributed by atoms with E-state index in [4.69, 9.17) is 9.26 Å². The summed E-state index contributed by atoms with van der Waals surface area (Å²) in [5.74, 6) is 1.38. The van der Waals surface area contributed by atoms with Crippen molar-refractivity contribution in [2.45, 2.75) is 39.5 Å². The van der Waals surface area contributed by atoms with Crippen LogP contribution in [0.1, 0.15) is 25.6 Å². The summed E-state index contributed by atoms with van der Waals surface area (Å²) in [5, 5.41) is 3.78. The molecule has 0 radical (unpaired) electrons. The maximum absolute atomic E-state index is 5.55. The predicted octanol–water partition coefficient (Wildman–Crippen LogP) is 0.987. The molecule has 0 bridgehead atoms. The topological polar surface area (TPSA) is 51.4 Å². The molecular weight excluding hydrogens is 194 g/mol. The zero-order valence-corrected chi connectivity index (χ0v) is 9.43. The first-order chi connectivity index (χ1) is 7.15. The van der Waals surface area contributed by atoms with Gasteiger partial charge in [0, 0.05) is 12.6 Å². The largest absolute Gasteiger partial charge is 0.376 e. The van der Waals surface area contributed by atoms with Crippen LogP contribution in [-0.2, 0) is 11.3 Å². The highest BCUT2D eigenvalue weighted by Crippen LogP contribution is 2.14. The smallest absolute Gasteiger partial charge is 0.240 e. The van der Waals surface area contributed by atoms with Crippen molar-refractivity contribution in [3.05, 3.63) is 11.7 Å². The number of rotatable bonds is 2. The van der Waals surface area contributed by atoms with Crippen LogP contribution < -0.4 is 0 Å². The molecule has 0 saturated carbocycles. The first-order valence-corrected chi connectivity index (χ1v) is 5.30. The Morgan fingerprint density at radius 2 is 2.27 bits per heavy atom. The highest BCUT2D eigenvalue weighted by molar-refractivity contribution is 4.85. The van der Waals surface area contributed by atoms with Crippen LogP contribution in [0.25, 0.3) is 0 Å². The second kappa shape index (κ2) is 4.28. The Morgan fingerprint density at radius 3 is 2.93 bits per heavy atom. The van der Waals surface area contributed by atoms with Gasteiger partial charge in [0.25, 0.3) is 0 Å². The van der Waals surface area contributed by atoms with Crippen LogP contribution in [0.2, 0.25) is 0 Å². The number of ether oxygens (including phenoxy) is 1. The molecule has 5 heteroatoms. The second-order valence-electron chi connectivity index (χ2n) is 4.16. The monoisotopic (exact) mass is 211 g/mol. The molecule has 1 aliphatic heterocycles. The molecule has 84 valence electrons. The van der Waals surface area contributed by atoms with Crippen LogP contribution in [0.5, 0.6) is 0 Å². The van der Waals surface area contributed by atoms with Crippen LogP contribution >= 0.6 is 0 Å². The molecule has 2 unspecified atom stereocenters. The molecular formula is C10H17N3O2. The van der Waals surface area contributed by atoms with E-state index in [2.05, 4.69) is 28.9 Å². The van der Waals surface area contributed by atoms with Crippen LogP contribution in [0.15, 0.2) is 4.52 Å². The molecule has 1 aromatic rings. The number of hydrogen-bond acceptors (Lipinski definition) is 5. The normalized spacial score (nSPS) is 28.2. The standard InChI is InChI=1S/C10H17N3O2/c1-7-6-14-8(2)4-13(7)5-10-11-9(3)12-15-10/h7-8H,4-6H2,1-3H3. The maximum atomic E-state index is 5.55. The van der Waals surface area contributed by atoms with Gasteiger partial charge in [0.15, 0.2) is 5.82 Å². The van der Waals surface area contributed by atoms with E-state index in [0.717, 1.165) is 19.7 Å². The van der Waals surface area contributed by atoms with Gasteiger partial charge in [-0.2, -0.15) is 4.98 Å². The van der Waals surface area contributed by atoms with E-state index in [1.807, 2.05) is 6.92 Å². The summed E-state index contributed by atoms with van der Waals surface area (Å²) in [5.41, 5.74) is 0. The summed E-state index contributed by atoms with van der Waals surface area (Å²) in [6.07, 6.45) is 0.283. The van der Waals surface area contributed by atoms with Gasteiger partial charge in [-0.05, 0) is 20.8 Å². The Morgan fingerprint density at radius 1 is 1.47 bits per heavy atom. The van der Waals surface area contributed by atoms with Gasteiger partial charge >= 0.3 is 0 Å². The number of morpholine rings is 1. The molecule has 0 amide bonds. The Kier molecular flexibility index (Phi) is 3.02. The molecule has 0 aromatic carbocycles. The predicted molar refractivity (Wildman–Crippen MR) is 54.3 cm³/mol. The molecule has 1 aliphatic rings. The molecule has 0 aliphatic carbocycles. The average molecular weight is 211 g/mol. The van der Waals surface area contributed by atoms with Gasteiger partial charge in [-0.25, -0.2) is 0 Å². The Hall–Kier alpha value is -0.940. The molecule has 2 rings (SSSR count). The highest BCUT2D eigenvalue weighted by Gasteiger charge is 2.24. The van der Waals surface area contributed by atoms with E-state index in [0.29, 0.717) is 17.8 Å². The van der Waals surface area contributed by atoms with Gasteiger partial charge in [-0.1, -0.05) is 5.16 Å². The van der Waals surface area contributed by atoms with E-state index in [-0.39, 0.29) is 6.10 Å². The maximum Gasteiger partial charge on any atom is 0.240 e. The third-order valence-electron chi connectivity index (χ3n) is 2.64. The van der Waals surface area contributed by atoms with Crippen molar-refractivity contribution in [2.75, 3.05) is 13.2 Å². The van der Waals surface area contributed by atoms with Crippen LogP contribution in [0, 0.1) is 6.92 Å². The average Bonchev–Trinajstić information content (AvgIpc) is 2.58. The number of aromatic nitrogens is 2. The molecule has 1 fully saturated rings. The molecule has 15 heavy (non-hydrogen) atoms. The second-order valence-corrected chi connectivity index (χ2v) is 4.16. The Bertz CT molecular complexity index is 326. The van der Waals surface area contributed by atoms with E-state index >= 15 is 0 Å². The third-order valence-corrected chi connectivity index (χ3v) is 2.64. The fraction of sp³-hybridized carbons (Fsp3) is 0.800. The van der Waals surface area contributed by atoms with Crippen LogP contribution in [0.3, 0.4) is 0 Å². The lowest BCUT2D eigenvalue weighted by atomic mass is 10.2. The van der Waals surface area contributed by atoms with Crippen molar-refractivity contribution in [3.63, 3.8) is 0 Å². The van der Waals surface area contributed by atoms with Crippen molar-refractivity contribution in [1.82, 2.24) is 15.0 Å². The minimum atomic E-state index is 0.283. The first-order valence-electron chi connectivity index (χ1n) is 5.30. The van der Waals surface area contributed by atoms with E-state index in [1.54, 1.807) is 0 Å². The quantitative estimate of drug-likeness (QED) is 0.730. The SMILES string of the molecule is Cc1noc(CN2CC(C)OCC2C)n1. The van der Waals surface area contributed by atoms with E-state index in [1.165, 1.54) is 0 Å². The number of hydrogen-bond donors (Lipinski definition) is 0. The molecule has 5 nitrogen and oxygen atoms in total. The van der Waals surface area contributed by atoms with Gasteiger partial charge in [-0.15, -0.1) is 0 Å². The van der Waals surface area contributed by atoms with Crippen molar-refractivity contribution >= 4 is 0 Å². The molecule has 1 saturated heterocycles. The van der Waals surface area contributed by atoms with Crippen LogP contribution in [-0.4, -0.2) is 40.3 Å². The van der Waals surface area contributed by atoms with Gasteiger partial charge < -0.3 is 9.26 Å². The molecule has 0 N–H and O–H groups in total. The molecule has 2 heterocycles. The van der Waals surface area contributed by atoms with E-state index in [9.17, 15) is 0 Å². The van der Waals surface area contributed by atoms with Gasteiger partial charge in [0.1, 0.15) is 0 Å². The zero-order chi connectivity index (χ0) is 10.8. The molecule has 1 aromatic heterocycles. The summed E-state index contributed by atoms with van der Waals surface area (Å²) in [4.78, 5) is 6.51. The van der Waals surface area contributed by atoms with Crippen molar-refractivity contribution in [2.24, 2.45) is 0 Å². The zero-order valence-electron chi connectivity index (χ0n) is 9.43. The Balaban J connectivity index is 1.98. The lowest BCUT2D eigenvalue weighted by molar-refractivity contribution is -0.0555. The summed E-state index contributed by atoms with van der Waals surface area (Å²) in [6.45, 7) is 8.47. The fourth-order valence-electron chi connectivity index (χ4n) is 1.77. The fourth-order valence-corrected chi connectivity index (χ4v) is 1.77. The molecule has 2 atom stereocenters. The van der Waals surface area contributed by atoms with Gasteiger partial charge in [0.05, 0.1) is 19.3 Å². The minimum Gasteiger partial charge on any atom is -0.376 e. The first kappa shape index (κ1) is 10.6. The molecule has 0 spiro atoms. The van der Waals surface area contributed by atoms with Crippen molar-refractivity contribution in [3.8, 4) is 0 Å². The number of nitrogens with zero attached hydrogens (tertiary/aromatic N) is 3.